The summed E-state index contributed by atoms with van der Waals surface area (Å²) in [4.78, 5) is 4.06. The van der Waals surface area contributed by atoms with Crippen LogP contribution >= 0.6 is 11.8 Å². The molecule has 0 aliphatic carbocycles. The van der Waals surface area contributed by atoms with Crippen molar-refractivity contribution in [2.24, 2.45) is 7.05 Å². The first-order valence-electron chi connectivity index (χ1n) is 4.99. The Morgan fingerprint density at radius 3 is 2.94 bits per heavy atom. The number of pyridine rings is 1. The second kappa shape index (κ2) is 4.57. The Labute approximate surface area is 98.9 Å². The van der Waals surface area contributed by atoms with Crippen LogP contribution in [0.2, 0.25) is 0 Å². The number of thioether (sulfide) groups is 1. The molecule has 2 rings (SSSR count). The van der Waals surface area contributed by atoms with Crippen LogP contribution in [0.3, 0.4) is 0 Å². The van der Waals surface area contributed by atoms with E-state index in [1.165, 1.54) is 0 Å². The number of aromatic nitrogens is 3. The van der Waals surface area contributed by atoms with Gasteiger partial charge in [0, 0.05) is 24.6 Å². The number of hydrogen-bond acceptors (Lipinski definition) is 4. The van der Waals surface area contributed by atoms with Crippen molar-refractivity contribution in [1.82, 2.24) is 14.8 Å². The van der Waals surface area contributed by atoms with E-state index >= 15 is 0 Å². The molecular weight excluding hydrogens is 220 g/mol. The average molecular weight is 234 g/mol. The number of hydrogen-bond donors (Lipinski definition) is 1. The monoisotopic (exact) mass is 234 g/mol. The molecule has 0 unspecified atom stereocenters. The quantitative estimate of drug-likeness (QED) is 0.825. The topological polar surface area (TPSA) is 56.7 Å². The zero-order valence-electron chi connectivity index (χ0n) is 9.34. The van der Waals surface area contributed by atoms with Crippen LogP contribution in [0.4, 0.5) is 5.82 Å². The van der Waals surface area contributed by atoms with Crippen LogP contribution in [0.15, 0.2) is 29.4 Å². The molecule has 0 bridgehead atoms. The molecule has 0 aliphatic heterocycles. The maximum atomic E-state index is 5.78. The summed E-state index contributed by atoms with van der Waals surface area (Å²) in [5, 5.41) is 5.43. The molecule has 0 aromatic carbocycles. The van der Waals surface area contributed by atoms with E-state index in [4.69, 9.17) is 5.73 Å². The van der Waals surface area contributed by atoms with Gasteiger partial charge in [-0.15, -0.1) is 11.8 Å². The second-order valence-electron chi connectivity index (χ2n) is 3.58. The first-order chi connectivity index (χ1) is 7.66. The highest BCUT2D eigenvalue weighted by molar-refractivity contribution is 7.98. The number of anilines is 1. The largest absolute Gasteiger partial charge is 0.383 e. The highest BCUT2D eigenvalue weighted by Crippen LogP contribution is 2.24. The lowest BCUT2D eigenvalue weighted by molar-refractivity contribution is 0.692. The highest BCUT2D eigenvalue weighted by Gasteiger charge is 2.05. The lowest BCUT2D eigenvalue weighted by Gasteiger charge is -2.04. The molecule has 0 aliphatic rings. The van der Waals surface area contributed by atoms with Crippen molar-refractivity contribution in [2.75, 3.05) is 5.73 Å². The third-order valence-corrected chi connectivity index (χ3v) is 3.39. The van der Waals surface area contributed by atoms with Gasteiger partial charge in [-0.25, -0.2) is 4.98 Å². The maximum Gasteiger partial charge on any atom is 0.127 e. The molecule has 5 heteroatoms. The van der Waals surface area contributed by atoms with Crippen molar-refractivity contribution in [3.63, 3.8) is 0 Å². The maximum absolute atomic E-state index is 5.78. The van der Waals surface area contributed by atoms with Gasteiger partial charge in [-0.2, -0.15) is 5.10 Å². The van der Waals surface area contributed by atoms with Crippen LogP contribution in [0, 0.1) is 6.92 Å². The third kappa shape index (κ3) is 2.36. The summed E-state index contributed by atoms with van der Waals surface area (Å²) in [5.74, 6) is 1.42. The fraction of sp³-hybridized carbons (Fsp3) is 0.273. The second-order valence-corrected chi connectivity index (χ2v) is 4.58. The third-order valence-electron chi connectivity index (χ3n) is 2.26. The number of nitrogen functional groups attached to an aromatic ring is 1. The predicted octanol–water partition coefficient (Wildman–Crippen LogP) is 2.00. The van der Waals surface area contributed by atoms with E-state index in [0.29, 0.717) is 5.82 Å². The smallest absolute Gasteiger partial charge is 0.127 e. The molecule has 0 saturated heterocycles. The van der Waals surface area contributed by atoms with E-state index in [2.05, 4.69) is 16.1 Å². The van der Waals surface area contributed by atoms with E-state index < -0.39 is 0 Å². The molecule has 2 aromatic rings. The van der Waals surface area contributed by atoms with E-state index in [1.807, 2.05) is 30.8 Å². The number of rotatable bonds is 3. The fourth-order valence-electron chi connectivity index (χ4n) is 1.45. The van der Waals surface area contributed by atoms with E-state index in [0.717, 1.165) is 22.0 Å². The Morgan fingerprint density at radius 1 is 1.50 bits per heavy atom. The lowest BCUT2D eigenvalue weighted by atomic mass is 10.3. The van der Waals surface area contributed by atoms with Crippen LogP contribution in [0.25, 0.3) is 0 Å². The van der Waals surface area contributed by atoms with Gasteiger partial charge in [0.15, 0.2) is 0 Å². The molecule has 2 N–H and O–H groups in total. The Morgan fingerprint density at radius 2 is 2.31 bits per heavy atom. The number of nitrogens with two attached hydrogens (primary N) is 1. The van der Waals surface area contributed by atoms with Gasteiger partial charge in [0.25, 0.3) is 0 Å². The SMILES string of the molecule is Cc1cc(SCc2cccnc2N)n(C)n1. The van der Waals surface area contributed by atoms with Gasteiger partial charge in [-0.05, 0) is 19.1 Å². The summed E-state index contributed by atoms with van der Waals surface area (Å²) in [6.07, 6.45) is 1.71. The minimum absolute atomic E-state index is 0.605. The molecule has 0 fully saturated rings. The molecular formula is C11H14N4S. The molecule has 4 nitrogen and oxygen atoms in total. The molecule has 0 spiro atoms. The molecule has 84 valence electrons. The van der Waals surface area contributed by atoms with Gasteiger partial charge in [0.05, 0.1) is 10.7 Å². The van der Waals surface area contributed by atoms with Crippen LogP contribution < -0.4 is 5.73 Å². The summed E-state index contributed by atoms with van der Waals surface area (Å²) < 4.78 is 1.88. The zero-order valence-corrected chi connectivity index (χ0v) is 10.2. The van der Waals surface area contributed by atoms with Crippen molar-refractivity contribution >= 4 is 17.6 Å². The summed E-state index contributed by atoms with van der Waals surface area (Å²) >= 11 is 1.72. The van der Waals surface area contributed by atoms with E-state index in [1.54, 1.807) is 18.0 Å². The molecule has 16 heavy (non-hydrogen) atoms. The normalized spacial score (nSPS) is 10.6. The molecule has 2 aromatic heterocycles. The van der Waals surface area contributed by atoms with Gasteiger partial charge in [0.1, 0.15) is 5.82 Å². The van der Waals surface area contributed by atoms with Crippen LogP contribution in [0.5, 0.6) is 0 Å². The Bertz CT molecular complexity index is 492. The van der Waals surface area contributed by atoms with Gasteiger partial charge < -0.3 is 5.73 Å². The van der Waals surface area contributed by atoms with Gasteiger partial charge in [-0.1, -0.05) is 6.07 Å². The highest BCUT2D eigenvalue weighted by atomic mass is 32.2. The van der Waals surface area contributed by atoms with Crippen molar-refractivity contribution in [3.05, 3.63) is 35.7 Å². The summed E-state index contributed by atoms with van der Waals surface area (Å²) in [5.41, 5.74) is 7.87. The van der Waals surface area contributed by atoms with Gasteiger partial charge in [0.2, 0.25) is 0 Å². The molecule has 0 atom stereocenters. The molecule has 0 saturated carbocycles. The molecule has 0 amide bonds. The number of aryl methyl sites for hydroxylation is 2. The van der Waals surface area contributed by atoms with E-state index in [-0.39, 0.29) is 0 Å². The zero-order chi connectivity index (χ0) is 11.5. The van der Waals surface area contributed by atoms with Gasteiger partial charge in [-0.3, -0.25) is 4.68 Å². The predicted molar refractivity (Wildman–Crippen MR) is 66.2 cm³/mol. The van der Waals surface area contributed by atoms with Crippen molar-refractivity contribution in [2.45, 2.75) is 17.7 Å². The van der Waals surface area contributed by atoms with Crippen molar-refractivity contribution in [1.29, 1.82) is 0 Å². The number of nitrogens with zero attached hydrogens (tertiary/aromatic N) is 3. The first kappa shape index (κ1) is 11.0. The first-order valence-corrected chi connectivity index (χ1v) is 5.98. The molecule has 0 radical (unpaired) electrons. The Balaban J connectivity index is 2.08. The lowest BCUT2D eigenvalue weighted by Crippen LogP contribution is -1.96. The Hall–Kier alpha value is -1.49. The summed E-state index contributed by atoms with van der Waals surface area (Å²) in [7, 11) is 1.95. The van der Waals surface area contributed by atoms with Crippen LogP contribution in [0.1, 0.15) is 11.3 Å². The minimum atomic E-state index is 0.605. The van der Waals surface area contributed by atoms with Crippen molar-refractivity contribution in [3.8, 4) is 0 Å². The van der Waals surface area contributed by atoms with Crippen LogP contribution in [-0.2, 0) is 12.8 Å². The van der Waals surface area contributed by atoms with Crippen molar-refractivity contribution < 1.29 is 0 Å². The summed E-state index contributed by atoms with van der Waals surface area (Å²) in [6, 6.07) is 5.97. The standard InChI is InChI=1S/C11H14N4S/c1-8-6-10(15(2)14-8)16-7-9-4-3-5-13-11(9)12/h3-6H,7H2,1-2H3,(H2,12,13). The average Bonchev–Trinajstić information content (AvgIpc) is 2.56. The molecule has 2 heterocycles. The fourth-order valence-corrected chi connectivity index (χ4v) is 2.48. The van der Waals surface area contributed by atoms with Crippen LogP contribution in [-0.4, -0.2) is 14.8 Å². The van der Waals surface area contributed by atoms with E-state index in [9.17, 15) is 0 Å². The minimum Gasteiger partial charge on any atom is -0.383 e. The van der Waals surface area contributed by atoms with Gasteiger partial charge >= 0.3 is 0 Å². The summed E-state index contributed by atoms with van der Waals surface area (Å²) in [6.45, 7) is 1.99. The Kier molecular flexibility index (Phi) is 3.14.